The summed E-state index contributed by atoms with van der Waals surface area (Å²) in [6, 6.07) is 18.2. The molecule has 3 aromatic carbocycles. The summed E-state index contributed by atoms with van der Waals surface area (Å²) >= 11 is 2.39. The van der Waals surface area contributed by atoms with Crippen LogP contribution in [0.25, 0.3) is 10.8 Å². The van der Waals surface area contributed by atoms with Crippen LogP contribution in [0.4, 0.5) is 0 Å². The van der Waals surface area contributed by atoms with Crippen LogP contribution >= 0.6 is 23.5 Å². The standard InChI is InChI=1S/C37H37N5O7S2/c1-38-16-20-6-8-22(9-7-20)27-15-25(17-39-27)41-13-12-23(33(41)44)14-24-18-51-35-31(34(45)42(35)32(24)37(48)49)40-29(43)19-50-28-11-10-21-4-2-3-5-26(21)30(28)36(46)47/h2-11,14,25,27,31,35,38-39H,12-13,15-19H2,1H3,(H,40,43)(H,46,47)(H,48,49)/b23-14+/t25-,27+,31+,35+/m0/s1. The molecule has 7 rings (SSSR count). The minimum atomic E-state index is -1.27. The molecule has 3 aromatic rings. The Morgan fingerprint density at radius 3 is 2.57 bits per heavy atom. The molecule has 4 heterocycles. The van der Waals surface area contributed by atoms with Crippen molar-refractivity contribution in [3.63, 3.8) is 0 Å². The number of likely N-dealkylation sites (tertiary alicyclic amines) is 1. The van der Waals surface area contributed by atoms with Crippen LogP contribution in [0, 0.1) is 0 Å². The van der Waals surface area contributed by atoms with Gasteiger partial charge >= 0.3 is 11.9 Å². The fraction of sp³-hybridized carbons (Fsp3) is 0.324. The quantitative estimate of drug-likeness (QED) is 0.112. The van der Waals surface area contributed by atoms with Crippen molar-refractivity contribution in [2.75, 3.05) is 31.6 Å². The summed E-state index contributed by atoms with van der Waals surface area (Å²) in [7, 11) is 1.91. The molecule has 0 saturated carbocycles. The molecule has 51 heavy (non-hydrogen) atoms. The van der Waals surface area contributed by atoms with Crippen LogP contribution in [0.2, 0.25) is 0 Å². The van der Waals surface area contributed by atoms with Crippen LogP contribution < -0.4 is 16.0 Å². The fourth-order valence-corrected chi connectivity index (χ4v) is 9.49. The van der Waals surface area contributed by atoms with Gasteiger partial charge in [-0.2, -0.15) is 0 Å². The fourth-order valence-electron chi connectivity index (χ4n) is 7.31. The van der Waals surface area contributed by atoms with Crippen molar-refractivity contribution in [3.05, 3.63) is 100 Å². The van der Waals surface area contributed by atoms with Gasteiger partial charge in [0.1, 0.15) is 17.1 Å². The Kier molecular flexibility index (Phi) is 9.92. The van der Waals surface area contributed by atoms with Crippen molar-refractivity contribution in [3.8, 4) is 0 Å². The van der Waals surface area contributed by atoms with Gasteiger partial charge in [-0.25, -0.2) is 9.59 Å². The van der Waals surface area contributed by atoms with E-state index < -0.39 is 35.2 Å². The van der Waals surface area contributed by atoms with E-state index in [1.54, 1.807) is 30.3 Å². The predicted octanol–water partition coefficient (Wildman–Crippen LogP) is 3.35. The number of thioether (sulfide) groups is 2. The molecule has 4 aliphatic heterocycles. The van der Waals surface area contributed by atoms with Gasteiger partial charge in [-0.05, 0) is 59.5 Å². The lowest BCUT2D eigenvalue weighted by atomic mass is 10.0. The number of hydrogen-bond acceptors (Lipinski definition) is 9. The number of aromatic carboxylic acids is 1. The summed E-state index contributed by atoms with van der Waals surface area (Å²) in [6.45, 7) is 2.00. The van der Waals surface area contributed by atoms with Crippen molar-refractivity contribution in [2.45, 2.75) is 47.8 Å². The zero-order valence-corrected chi connectivity index (χ0v) is 29.4. The smallest absolute Gasteiger partial charge is 0.352 e. The number of carboxylic acids is 2. The zero-order valence-electron chi connectivity index (χ0n) is 27.8. The first kappa shape index (κ1) is 34.8. The number of amides is 3. The van der Waals surface area contributed by atoms with E-state index in [0.29, 0.717) is 40.9 Å². The second-order valence-electron chi connectivity index (χ2n) is 12.9. The van der Waals surface area contributed by atoms with Gasteiger partial charge in [-0.1, -0.05) is 54.6 Å². The zero-order chi connectivity index (χ0) is 35.8. The van der Waals surface area contributed by atoms with Crippen molar-refractivity contribution >= 4 is 64.0 Å². The number of benzene rings is 3. The monoisotopic (exact) mass is 727 g/mol. The molecule has 0 aromatic heterocycles. The molecule has 3 fully saturated rings. The van der Waals surface area contributed by atoms with E-state index in [-0.39, 0.29) is 40.8 Å². The number of nitrogens with zero attached hydrogens (tertiary/aromatic N) is 2. The number of hydrogen-bond donors (Lipinski definition) is 5. The molecule has 4 aliphatic rings. The summed E-state index contributed by atoms with van der Waals surface area (Å²) in [5.74, 6) is -3.38. The van der Waals surface area contributed by atoms with E-state index >= 15 is 0 Å². The number of allylic oxidation sites excluding steroid dienone is 1. The van der Waals surface area contributed by atoms with Crippen LogP contribution in [0.15, 0.2) is 88.5 Å². The molecule has 0 aliphatic carbocycles. The maximum absolute atomic E-state index is 13.6. The normalized spacial score (nSPS) is 23.9. The Morgan fingerprint density at radius 2 is 1.82 bits per heavy atom. The lowest BCUT2D eigenvalue weighted by molar-refractivity contribution is -0.150. The van der Waals surface area contributed by atoms with Gasteiger partial charge < -0.3 is 31.1 Å². The van der Waals surface area contributed by atoms with Gasteiger partial charge in [0.2, 0.25) is 11.8 Å². The summed E-state index contributed by atoms with van der Waals surface area (Å²) in [5, 5.41) is 30.2. The number of carbonyl (C=O) groups excluding carboxylic acids is 3. The van der Waals surface area contributed by atoms with Crippen LogP contribution in [-0.2, 0) is 25.7 Å². The average Bonchev–Trinajstić information content (AvgIpc) is 3.76. The van der Waals surface area contributed by atoms with Crippen LogP contribution in [0.3, 0.4) is 0 Å². The highest BCUT2D eigenvalue weighted by atomic mass is 32.2. The average molecular weight is 728 g/mol. The van der Waals surface area contributed by atoms with Gasteiger partial charge in [0.15, 0.2) is 0 Å². The molecular weight excluding hydrogens is 691 g/mol. The van der Waals surface area contributed by atoms with Crippen molar-refractivity contribution in [1.82, 2.24) is 25.8 Å². The van der Waals surface area contributed by atoms with E-state index in [9.17, 15) is 34.2 Å². The third kappa shape index (κ3) is 6.76. The van der Waals surface area contributed by atoms with E-state index in [2.05, 4.69) is 40.2 Å². The maximum Gasteiger partial charge on any atom is 0.352 e. The van der Waals surface area contributed by atoms with E-state index in [4.69, 9.17) is 0 Å². The minimum absolute atomic E-state index is 0.0138. The molecule has 0 radical (unpaired) electrons. The molecule has 3 saturated heterocycles. The molecule has 5 N–H and O–H groups in total. The number of carbonyl (C=O) groups is 5. The topological polar surface area (TPSA) is 168 Å². The number of carboxylic acid groups (broad SMARTS) is 2. The lowest BCUT2D eigenvalue weighted by Gasteiger charge is -2.49. The molecule has 3 amide bonds. The highest BCUT2D eigenvalue weighted by Gasteiger charge is 2.54. The predicted molar refractivity (Wildman–Crippen MR) is 194 cm³/mol. The Balaban J connectivity index is 0.987. The number of rotatable bonds is 11. The van der Waals surface area contributed by atoms with Gasteiger partial charge in [0.05, 0.1) is 11.3 Å². The van der Waals surface area contributed by atoms with Crippen molar-refractivity contribution in [2.24, 2.45) is 0 Å². The summed E-state index contributed by atoms with van der Waals surface area (Å²) in [6.07, 6.45) is 2.89. The molecule has 4 atom stereocenters. The summed E-state index contributed by atoms with van der Waals surface area (Å²) in [4.78, 5) is 67.9. The molecule has 0 bridgehead atoms. The van der Waals surface area contributed by atoms with Gasteiger partial charge in [0.25, 0.3) is 5.91 Å². The molecule has 14 heteroatoms. The second kappa shape index (κ2) is 14.5. The first-order valence-electron chi connectivity index (χ1n) is 16.7. The Labute approximate surface area is 302 Å². The van der Waals surface area contributed by atoms with Crippen LogP contribution in [-0.4, -0.2) is 98.8 Å². The van der Waals surface area contributed by atoms with Crippen LogP contribution in [0.1, 0.15) is 40.4 Å². The maximum atomic E-state index is 13.6. The molecule has 264 valence electrons. The Morgan fingerprint density at radius 1 is 1.04 bits per heavy atom. The van der Waals surface area contributed by atoms with E-state index in [1.807, 2.05) is 24.1 Å². The summed E-state index contributed by atoms with van der Waals surface area (Å²) < 4.78 is 0. The third-order valence-corrected chi connectivity index (χ3v) is 12.2. The van der Waals surface area contributed by atoms with Crippen molar-refractivity contribution in [1.29, 1.82) is 0 Å². The van der Waals surface area contributed by atoms with Gasteiger partial charge in [0, 0.05) is 47.9 Å². The largest absolute Gasteiger partial charge is 0.478 e. The number of aliphatic carboxylic acids is 1. The highest BCUT2D eigenvalue weighted by molar-refractivity contribution is 8.00. The minimum Gasteiger partial charge on any atom is -0.478 e. The third-order valence-electron chi connectivity index (χ3n) is 9.80. The number of nitrogens with one attached hydrogen (secondary N) is 3. The first-order chi connectivity index (χ1) is 24.6. The first-order valence-corrected chi connectivity index (χ1v) is 18.7. The SMILES string of the molecule is CNCc1ccc([C@H]2C[C@H](N3CC/C(=C\C4=C(C(=O)O)N5C(=O)[C@@H](NC(=O)CSc6ccc7ccccc7c6C(=O)O)[C@H]5SC4)C3=O)CN2)cc1. The summed E-state index contributed by atoms with van der Waals surface area (Å²) in [5.41, 5.74) is 3.23. The van der Waals surface area contributed by atoms with Gasteiger partial charge in [-0.3, -0.25) is 19.3 Å². The number of fused-ring (bicyclic) bond motifs is 2. The molecule has 12 nitrogen and oxygen atoms in total. The Bertz CT molecular complexity index is 2000. The molecule has 0 unspecified atom stereocenters. The second-order valence-corrected chi connectivity index (χ2v) is 15.1. The lowest BCUT2D eigenvalue weighted by Crippen LogP contribution is -2.70. The van der Waals surface area contributed by atoms with Crippen LogP contribution in [0.5, 0.6) is 0 Å². The van der Waals surface area contributed by atoms with Crippen molar-refractivity contribution < 1.29 is 34.2 Å². The number of β-lactam (4-membered cyclic amide) rings is 1. The van der Waals surface area contributed by atoms with Gasteiger partial charge in [-0.15, -0.1) is 23.5 Å². The van der Waals surface area contributed by atoms with E-state index in [0.717, 1.165) is 30.1 Å². The molecular formula is C37H37N5O7S2. The van der Waals surface area contributed by atoms with E-state index in [1.165, 1.54) is 27.8 Å². The molecule has 0 spiro atoms. The highest BCUT2D eigenvalue weighted by Crippen LogP contribution is 2.42. The Hall–Kier alpha value is -4.63.